The van der Waals surface area contributed by atoms with Gasteiger partial charge in [-0.3, -0.25) is 0 Å². The second kappa shape index (κ2) is 6.75. The van der Waals surface area contributed by atoms with Crippen molar-refractivity contribution in [3.05, 3.63) is 33.5 Å². The van der Waals surface area contributed by atoms with Crippen molar-refractivity contribution >= 4 is 39.2 Å². The van der Waals surface area contributed by atoms with Crippen LogP contribution in [0.25, 0.3) is 0 Å². The second-order valence-electron chi connectivity index (χ2n) is 3.44. The average Bonchev–Trinajstić information content (AvgIpc) is 2.64. The van der Waals surface area contributed by atoms with Gasteiger partial charge < -0.3 is 5.32 Å². The highest BCUT2D eigenvalue weighted by molar-refractivity contribution is 9.10. The second-order valence-corrected chi connectivity index (χ2v) is 4.55. The molecule has 18 heavy (non-hydrogen) atoms. The van der Waals surface area contributed by atoms with E-state index in [0.717, 1.165) is 11.3 Å². The standard InChI is InChI=1S/C10H10BrClN4.C2H6/c1-6-3-4-8(7(12)5-6)13-10-14-9(11)15-16(10)2;1-2/h3-5H,1-2H3,(H,13,14,15);1-2H3. The summed E-state index contributed by atoms with van der Waals surface area (Å²) in [4.78, 5) is 4.17. The molecule has 4 nitrogen and oxygen atoms in total. The summed E-state index contributed by atoms with van der Waals surface area (Å²) < 4.78 is 2.18. The number of aryl methyl sites for hydroxylation is 2. The fourth-order valence-electron chi connectivity index (χ4n) is 1.30. The van der Waals surface area contributed by atoms with Crippen molar-refractivity contribution in [1.82, 2.24) is 14.8 Å². The zero-order valence-corrected chi connectivity index (χ0v) is 13.2. The Balaban J connectivity index is 0.000000771. The van der Waals surface area contributed by atoms with E-state index in [1.165, 1.54) is 0 Å². The van der Waals surface area contributed by atoms with Crippen LogP contribution in [0.15, 0.2) is 22.9 Å². The van der Waals surface area contributed by atoms with Gasteiger partial charge in [0.25, 0.3) is 0 Å². The van der Waals surface area contributed by atoms with Crippen molar-refractivity contribution in [3.63, 3.8) is 0 Å². The lowest BCUT2D eigenvalue weighted by molar-refractivity contribution is 0.769. The first-order valence-electron chi connectivity index (χ1n) is 5.66. The van der Waals surface area contributed by atoms with Crippen LogP contribution in [0.2, 0.25) is 5.02 Å². The van der Waals surface area contributed by atoms with E-state index < -0.39 is 0 Å². The quantitative estimate of drug-likeness (QED) is 0.891. The molecule has 1 aromatic heterocycles. The highest BCUT2D eigenvalue weighted by Crippen LogP contribution is 2.25. The molecule has 0 unspecified atom stereocenters. The molecule has 0 aliphatic heterocycles. The molecule has 0 aliphatic carbocycles. The smallest absolute Gasteiger partial charge is 0.226 e. The maximum atomic E-state index is 6.11. The summed E-state index contributed by atoms with van der Waals surface area (Å²) in [5, 5.41) is 7.85. The Morgan fingerprint density at radius 2 is 2.00 bits per heavy atom. The molecule has 1 aromatic carbocycles. The first-order chi connectivity index (χ1) is 8.56. The van der Waals surface area contributed by atoms with Crippen LogP contribution in [0, 0.1) is 6.92 Å². The van der Waals surface area contributed by atoms with Crippen molar-refractivity contribution in [3.8, 4) is 0 Å². The predicted molar refractivity (Wildman–Crippen MR) is 79.5 cm³/mol. The largest absolute Gasteiger partial charge is 0.323 e. The Labute approximate surface area is 121 Å². The molecule has 0 atom stereocenters. The van der Waals surface area contributed by atoms with Crippen LogP contribution in [-0.2, 0) is 7.05 Å². The van der Waals surface area contributed by atoms with E-state index in [-0.39, 0.29) is 0 Å². The highest BCUT2D eigenvalue weighted by atomic mass is 79.9. The maximum Gasteiger partial charge on any atom is 0.226 e. The molecule has 0 bridgehead atoms. The van der Waals surface area contributed by atoms with Gasteiger partial charge in [0.05, 0.1) is 10.7 Å². The minimum absolute atomic E-state index is 0.542. The Kier molecular flexibility index (Phi) is 5.62. The number of aromatic nitrogens is 3. The lowest BCUT2D eigenvalue weighted by Gasteiger charge is -2.07. The molecule has 1 N–H and O–H groups in total. The molecule has 6 heteroatoms. The van der Waals surface area contributed by atoms with E-state index in [2.05, 4.69) is 31.3 Å². The average molecular weight is 332 g/mol. The topological polar surface area (TPSA) is 42.7 Å². The molecule has 0 spiro atoms. The first-order valence-corrected chi connectivity index (χ1v) is 6.83. The van der Waals surface area contributed by atoms with E-state index >= 15 is 0 Å². The van der Waals surface area contributed by atoms with Crippen LogP contribution in [-0.4, -0.2) is 14.8 Å². The summed E-state index contributed by atoms with van der Waals surface area (Å²) in [5.41, 5.74) is 1.94. The number of anilines is 2. The maximum absolute atomic E-state index is 6.11. The third kappa shape index (κ3) is 3.71. The van der Waals surface area contributed by atoms with Crippen LogP contribution >= 0.6 is 27.5 Å². The zero-order valence-electron chi connectivity index (χ0n) is 10.8. The van der Waals surface area contributed by atoms with E-state index in [1.807, 2.05) is 46.0 Å². The van der Waals surface area contributed by atoms with Gasteiger partial charge in [0.2, 0.25) is 10.7 Å². The molecular formula is C12H16BrClN4. The van der Waals surface area contributed by atoms with Gasteiger partial charge in [-0.2, -0.15) is 4.98 Å². The van der Waals surface area contributed by atoms with E-state index in [0.29, 0.717) is 15.7 Å². The fourth-order valence-corrected chi connectivity index (χ4v) is 1.99. The zero-order chi connectivity index (χ0) is 13.7. The van der Waals surface area contributed by atoms with Crippen molar-refractivity contribution < 1.29 is 0 Å². The summed E-state index contributed by atoms with van der Waals surface area (Å²) in [6.45, 7) is 5.99. The van der Waals surface area contributed by atoms with Crippen LogP contribution < -0.4 is 5.32 Å². The van der Waals surface area contributed by atoms with Gasteiger partial charge in [0, 0.05) is 7.05 Å². The molecule has 0 saturated heterocycles. The molecule has 0 saturated carbocycles. The van der Waals surface area contributed by atoms with Crippen LogP contribution in [0.5, 0.6) is 0 Å². The predicted octanol–water partition coefficient (Wildman–Crippen LogP) is 4.31. The van der Waals surface area contributed by atoms with Gasteiger partial charge in [-0.25, -0.2) is 4.68 Å². The van der Waals surface area contributed by atoms with Crippen molar-refractivity contribution in [2.75, 3.05) is 5.32 Å². The minimum atomic E-state index is 0.542. The summed E-state index contributed by atoms with van der Waals surface area (Å²) in [6.07, 6.45) is 0. The fraction of sp³-hybridized carbons (Fsp3) is 0.333. The van der Waals surface area contributed by atoms with E-state index in [9.17, 15) is 0 Å². The summed E-state index contributed by atoms with van der Waals surface area (Å²) in [6, 6.07) is 5.80. The van der Waals surface area contributed by atoms with Crippen LogP contribution in [0.1, 0.15) is 19.4 Å². The van der Waals surface area contributed by atoms with Crippen molar-refractivity contribution in [1.29, 1.82) is 0 Å². The lowest BCUT2D eigenvalue weighted by atomic mass is 10.2. The highest BCUT2D eigenvalue weighted by Gasteiger charge is 2.07. The Bertz CT molecular complexity index is 525. The molecule has 0 aliphatic rings. The van der Waals surface area contributed by atoms with Crippen LogP contribution in [0.4, 0.5) is 11.6 Å². The molecular weight excluding hydrogens is 316 g/mol. The number of nitrogens with zero attached hydrogens (tertiary/aromatic N) is 3. The molecule has 0 fully saturated rings. The Morgan fingerprint density at radius 1 is 1.33 bits per heavy atom. The van der Waals surface area contributed by atoms with E-state index in [1.54, 1.807) is 4.68 Å². The van der Waals surface area contributed by atoms with Gasteiger partial charge in [-0.05, 0) is 40.5 Å². The number of benzene rings is 1. The first kappa shape index (κ1) is 15.0. The molecule has 0 amide bonds. The molecule has 2 rings (SSSR count). The molecule has 1 heterocycles. The van der Waals surface area contributed by atoms with Gasteiger partial charge in [0.15, 0.2) is 0 Å². The summed E-state index contributed by atoms with van der Waals surface area (Å²) in [5.74, 6) is 0.637. The Morgan fingerprint density at radius 3 is 2.50 bits per heavy atom. The Hall–Kier alpha value is -1.07. The number of rotatable bonds is 2. The number of hydrogen-bond acceptors (Lipinski definition) is 3. The monoisotopic (exact) mass is 330 g/mol. The SMILES string of the molecule is CC.Cc1ccc(Nc2nc(Br)nn2C)c(Cl)c1. The molecule has 98 valence electrons. The lowest BCUT2D eigenvalue weighted by Crippen LogP contribution is -2.00. The minimum Gasteiger partial charge on any atom is -0.323 e. The van der Waals surface area contributed by atoms with Crippen molar-refractivity contribution in [2.24, 2.45) is 7.05 Å². The van der Waals surface area contributed by atoms with Gasteiger partial charge in [-0.15, -0.1) is 5.10 Å². The molecule has 0 radical (unpaired) electrons. The number of nitrogens with one attached hydrogen (secondary N) is 1. The third-order valence-electron chi connectivity index (χ3n) is 2.11. The number of halogens is 2. The third-order valence-corrected chi connectivity index (χ3v) is 2.76. The number of hydrogen-bond donors (Lipinski definition) is 1. The van der Waals surface area contributed by atoms with Crippen molar-refractivity contribution in [2.45, 2.75) is 20.8 Å². The van der Waals surface area contributed by atoms with Gasteiger partial charge >= 0.3 is 0 Å². The molecule has 2 aromatic rings. The normalized spacial score (nSPS) is 9.67. The van der Waals surface area contributed by atoms with E-state index in [4.69, 9.17) is 11.6 Å². The van der Waals surface area contributed by atoms with Gasteiger partial charge in [-0.1, -0.05) is 31.5 Å². The summed E-state index contributed by atoms with van der Waals surface area (Å²) >= 11 is 9.32. The van der Waals surface area contributed by atoms with Crippen LogP contribution in [0.3, 0.4) is 0 Å². The summed E-state index contributed by atoms with van der Waals surface area (Å²) in [7, 11) is 1.81. The van der Waals surface area contributed by atoms with Gasteiger partial charge in [0.1, 0.15) is 0 Å².